The lowest BCUT2D eigenvalue weighted by atomic mass is 10.2. The molecule has 0 bridgehead atoms. The number of hydrogen-bond acceptors (Lipinski definition) is 4. The Morgan fingerprint density at radius 1 is 1.29 bits per heavy atom. The first-order valence-electron chi connectivity index (χ1n) is 4.91. The Morgan fingerprint density at radius 3 is 2.71 bits per heavy atom. The van der Waals surface area contributed by atoms with Crippen LogP contribution in [0.2, 0.25) is 0 Å². The molecule has 6 heteroatoms. The highest BCUT2D eigenvalue weighted by Crippen LogP contribution is 2.23. The Hall–Kier alpha value is -1.53. The third-order valence-electron chi connectivity index (χ3n) is 2.39. The Morgan fingerprint density at radius 2 is 2.06 bits per heavy atom. The molecule has 0 atom stereocenters. The molecule has 2 aromatic rings. The fourth-order valence-electron chi connectivity index (χ4n) is 1.46. The van der Waals surface area contributed by atoms with E-state index in [1.165, 1.54) is 11.3 Å². The van der Waals surface area contributed by atoms with Crippen LogP contribution in [0.1, 0.15) is 5.56 Å². The molecule has 17 heavy (non-hydrogen) atoms. The van der Waals surface area contributed by atoms with Gasteiger partial charge in [-0.3, -0.25) is 4.72 Å². The first-order valence-corrected chi connectivity index (χ1v) is 7.33. The molecular formula is C11H12N2O2S2. The smallest absolute Gasteiger partial charge is 0.262 e. The lowest BCUT2D eigenvalue weighted by Crippen LogP contribution is -2.14. The minimum absolute atomic E-state index is 0.212. The Balaban J connectivity index is 2.42. The van der Waals surface area contributed by atoms with Crippen molar-refractivity contribution in [1.29, 1.82) is 0 Å². The molecule has 0 aliphatic carbocycles. The molecule has 0 amide bonds. The van der Waals surface area contributed by atoms with Gasteiger partial charge in [0, 0.05) is 11.1 Å². The number of benzene rings is 1. The van der Waals surface area contributed by atoms with Gasteiger partial charge in [-0.05, 0) is 36.1 Å². The second kappa shape index (κ2) is 4.38. The van der Waals surface area contributed by atoms with Crippen LogP contribution in [-0.2, 0) is 10.0 Å². The molecule has 0 fully saturated rings. The highest BCUT2D eigenvalue weighted by molar-refractivity contribution is 7.92. The number of hydrogen-bond donors (Lipinski definition) is 2. The number of rotatable bonds is 3. The van der Waals surface area contributed by atoms with Gasteiger partial charge in [0.05, 0.1) is 10.6 Å². The van der Waals surface area contributed by atoms with Crippen LogP contribution < -0.4 is 10.5 Å². The van der Waals surface area contributed by atoms with Gasteiger partial charge in [0.2, 0.25) is 0 Å². The third-order valence-corrected chi connectivity index (χ3v) is 4.60. The predicted octanol–water partition coefficient (Wildman–Crippen LogP) is 2.44. The maximum absolute atomic E-state index is 12.1. The summed E-state index contributed by atoms with van der Waals surface area (Å²) < 4.78 is 26.7. The molecule has 0 aliphatic rings. The first kappa shape index (κ1) is 11.9. The van der Waals surface area contributed by atoms with Gasteiger partial charge in [-0.15, -0.1) is 0 Å². The van der Waals surface area contributed by atoms with Crippen molar-refractivity contribution in [1.82, 2.24) is 0 Å². The van der Waals surface area contributed by atoms with Crippen molar-refractivity contribution in [3.05, 3.63) is 40.6 Å². The van der Waals surface area contributed by atoms with E-state index in [4.69, 9.17) is 5.73 Å². The molecule has 0 spiro atoms. The van der Waals surface area contributed by atoms with Crippen molar-refractivity contribution in [2.75, 3.05) is 10.5 Å². The summed E-state index contributed by atoms with van der Waals surface area (Å²) >= 11 is 1.43. The van der Waals surface area contributed by atoms with E-state index in [2.05, 4.69) is 4.72 Å². The molecule has 1 heterocycles. The van der Waals surface area contributed by atoms with Gasteiger partial charge in [0.15, 0.2) is 0 Å². The van der Waals surface area contributed by atoms with E-state index >= 15 is 0 Å². The molecule has 2 rings (SSSR count). The normalized spacial score (nSPS) is 11.4. The molecule has 0 unspecified atom stereocenters. The minimum Gasteiger partial charge on any atom is -0.398 e. The average Bonchev–Trinajstić information content (AvgIpc) is 2.73. The van der Waals surface area contributed by atoms with Crippen LogP contribution in [0.3, 0.4) is 0 Å². The SMILES string of the molecule is Cc1c(N)cccc1S(=O)(=O)Nc1ccsc1. The fourth-order valence-corrected chi connectivity index (χ4v) is 3.44. The van der Waals surface area contributed by atoms with Gasteiger partial charge < -0.3 is 5.73 Å². The van der Waals surface area contributed by atoms with Crippen molar-refractivity contribution in [2.45, 2.75) is 11.8 Å². The summed E-state index contributed by atoms with van der Waals surface area (Å²) in [7, 11) is -3.56. The van der Waals surface area contributed by atoms with Gasteiger partial charge in [-0.25, -0.2) is 8.42 Å². The summed E-state index contributed by atoms with van der Waals surface area (Å²) in [6, 6.07) is 6.56. The van der Waals surface area contributed by atoms with Gasteiger partial charge >= 0.3 is 0 Å². The van der Waals surface area contributed by atoms with Gasteiger partial charge in [-0.1, -0.05) is 6.07 Å². The van der Waals surface area contributed by atoms with Crippen LogP contribution in [0, 0.1) is 6.92 Å². The van der Waals surface area contributed by atoms with Gasteiger partial charge in [-0.2, -0.15) is 11.3 Å². The summed E-state index contributed by atoms with van der Waals surface area (Å²) in [4.78, 5) is 0.212. The number of anilines is 2. The lowest BCUT2D eigenvalue weighted by molar-refractivity contribution is 0.600. The van der Waals surface area contributed by atoms with Crippen LogP contribution in [0.5, 0.6) is 0 Å². The van der Waals surface area contributed by atoms with Crippen molar-refractivity contribution >= 4 is 32.7 Å². The Bertz CT molecular complexity index is 619. The van der Waals surface area contributed by atoms with Crippen molar-refractivity contribution in [2.24, 2.45) is 0 Å². The maximum Gasteiger partial charge on any atom is 0.262 e. The second-order valence-electron chi connectivity index (χ2n) is 3.59. The van der Waals surface area contributed by atoms with E-state index in [1.54, 1.807) is 36.6 Å². The van der Waals surface area contributed by atoms with Crippen LogP contribution in [0.4, 0.5) is 11.4 Å². The summed E-state index contributed by atoms with van der Waals surface area (Å²) in [6.45, 7) is 1.69. The summed E-state index contributed by atoms with van der Waals surface area (Å²) in [5.41, 5.74) is 7.30. The van der Waals surface area contributed by atoms with E-state index in [0.29, 0.717) is 16.9 Å². The number of nitrogens with two attached hydrogens (primary N) is 1. The third kappa shape index (κ3) is 2.42. The van der Waals surface area contributed by atoms with Gasteiger partial charge in [0.25, 0.3) is 10.0 Å². The molecule has 0 saturated carbocycles. The van der Waals surface area contributed by atoms with Crippen LogP contribution in [0.25, 0.3) is 0 Å². The van der Waals surface area contributed by atoms with Crippen molar-refractivity contribution in [3.8, 4) is 0 Å². The van der Waals surface area contributed by atoms with Crippen molar-refractivity contribution in [3.63, 3.8) is 0 Å². The monoisotopic (exact) mass is 268 g/mol. The highest BCUT2D eigenvalue weighted by Gasteiger charge is 2.17. The topological polar surface area (TPSA) is 72.2 Å². The molecule has 1 aromatic carbocycles. The van der Waals surface area contributed by atoms with Crippen LogP contribution in [0.15, 0.2) is 39.9 Å². The molecule has 90 valence electrons. The molecular weight excluding hydrogens is 256 g/mol. The maximum atomic E-state index is 12.1. The molecule has 4 nitrogen and oxygen atoms in total. The van der Waals surface area contributed by atoms with Crippen molar-refractivity contribution < 1.29 is 8.42 Å². The zero-order valence-electron chi connectivity index (χ0n) is 9.17. The summed E-state index contributed by atoms with van der Waals surface area (Å²) in [6.07, 6.45) is 0. The number of nitrogens with one attached hydrogen (secondary N) is 1. The number of thiophene rings is 1. The highest BCUT2D eigenvalue weighted by atomic mass is 32.2. The molecule has 3 N–H and O–H groups in total. The largest absolute Gasteiger partial charge is 0.398 e. The predicted molar refractivity (Wildman–Crippen MR) is 70.7 cm³/mol. The van der Waals surface area contributed by atoms with Crippen LogP contribution in [-0.4, -0.2) is 8.42 Å². The van der Waals surface area contributed by atoms with E-state index in [1.807, 2.05) is 5.38 Å². The number of nitrogen functional groups attached to an aromatic ring is 1. The Kier molecular flexibility index (Phi) is 3.08. The average molecular weight is 268 g/mol. The number of sulfonamides is 1. The fraction of sp³-hybridized carbons (Fsp3) is 0.0909. The molecule has 0 saturated heterocycles. The van der Waals surface area contributed by atoms with E-state index in [9.17, 15) is 8.42 Å². The summed E-state index contributed by atoms with van der Waals surface area (Å²) in [5.74, 6) is 0. The van der Waals surface area contributed by atoms with E-state index in [-0.39, 0.29) is 4.90 Å². The zero-order valence-corrected chi connectivity index (χ0v) is 10.8. The standard InChI is InChI=1S/C11H12N2O2S2/c1-8-10(12)3-2-4-11(8)17(14,15)13-9-5-6-16-7-9/h2-7,13H,12H2,1H3. The molecule has 0 radical (unpaired) electrons. The summed E-state index contributed by atoms with van der Waals surface area (Å²) in [5, 5.41) is 3.54. The van der Waals surface area contributed by atoms with E-state index < -0.39 is 10.0 Å². The minimum atomic E-state index is -3.56. The van der Waals surface area contributed by atoms with E-state index in [0.717, 1.165) is 0 Å². The Labute approximate surface area is 104 Å². The molecule has 1 aromatic heterocycles. The quantitative estimate of drug-likeness (QED) is 0.840. The van der Waals surface area contributed by atoms with Crippen LogP contribution >= 0.6 is 11.3 Å². The second-order valence-corrected chi connectivity index (χ2v) is 6.02. The van der Waals surface area contributed by atoms with Gasteiger partial charge in [0.1, 0.15) is 0 Å². The lowest BCUT2D eigenvalue weighted by Gasteiger charge is -2.10. The molecule has 0 aliphatic heterocycles. The first-order chi connectivity index (χ1) is 8.00. The zero-order chi connectivity index (χ0) is 12.5.